The third-order valence-electron chi connectivity index (χ3n) is 2.92. The van der Waals surface area contributed by atoms with Crippen LogP contribution < -0.4 is 21.3 Å². The number of rotatable bonds is 4. The average molecular weight is 351 g/mol. The van der Waals surface area contributed by atoms with Gasteiger partial charge in [-0.15, -0.1) is 0 Å². The molecule has 1 aromatic carbocycles. The number of carbonyl (C=O) groups excluding carboxylic acids is 1. The summed E-state index contributed by atoms with van der Waals surface area (Å²) in [5.41, 5.74) is 4.35. The number of anilines is 2. The highest BCUT2D eigenvalue weighted by atomic mass is 79.9. The molecule has 0 fully saturated rings. The predicted octanol–water partition coefficient (Wildman–Crippen LogP) is 2.70. The zero-order chi connectivity index (χ0) is 15.4. The molecule has 0 spiro atoms. The molecule has 0 atom stereocenters. The number of aromatic nitrogens is 1. The molecular formula is C14H15BrN4O2. The van der Waals surface area contributed by atoms with Crippen molar-refractivity contribution in [3.8, 4) is 5.75 Å². The number of pyridine rings is 1. The van der Waals surface area contributed by atoms with Crippen molar-refractivity contribution in [1.82, 2.24) is 4.98 Å². The smallest absolute Gasteiger partial charge is 0.259 e. The summed E-state index contributed by atoms with van der Waals surface area (Å²) in [6, 6.07) is 7.06. The fraction of sp³-hybridized carbons (Fsp3) is 0.143. The Bertz CT molecular complexity index is 676. The Morgan fingerprint density at radius 2 is 2.14 bits per heavy atom. The number of carbonyl (C=O) groups is 1. The lowest BCUT2D eigenvalue weighted by Gasteiger charge is -2.12. The monoisotopic (exact) mass is 350 g/mol. The van der Waals surface area contributed by atoms with E-state index in [9.17, 15) is 4.79 Å². The van der Waals surface area contributed by atoms with Gasteiger partial charge < -0.3 is 15.5 Å². The average Bonchev–Trinajstić information content (AvgIpc) is 2.49. The Kier molecular flexibility index (Phi) is 4.77. The molecule has 0 radical (unpaired) electrons. The van der Waals surface area contributed by atoms with Crippen molar-refractivity contribution in [2.45, 2.75) is 6.92 Å². The quantitative estimate of drug-likeness (QED) is 0.582. The number of nitrogen functional groups attached to an aromatic ring is 1. The first kappa shape index (κ1) is 15.3. The lowest BCUT2D eigenvalue weighted by molar-refractivity contribution is 0.102. The summed E-state index contributed by atoms with van der Waals surface area (Å²) in [5.74, 6) is 6.12. The first-order valence-electron chi connectivity index (χ1n) is 6.13. The van der Waals surface area contributed by atoms with E-state index in [0.29, 0.717) is 21.5 Å². The zero-order valence-electron chi connectivity index (χ0n) is 11.6. The van der Waals surface area contributed by atoms with Gasteiger partial charge >= 0.3 is 0 Å². The summed E-state index contributed by atoms with van der Waals surface area (Å²) in [7, 11) is 1.60. The molecule has 1 aromatic heterocycles. The second kappa shape index (κ2) is 6.55. The molecule has 0 aliphatic rings. The van der Waals surface area contributed by atoms with E-state index in [1.54, 1.807) is 31.5 Å². The first-order chi connectivity index (χ1) is 10.0. The van der Waals surface area contributed by atoms with Crippen molar-refractivity contribution >= 4 is 33.3 Å². The molecule has 0 bridgehead atoms. The minimum atomic E-state index is -0.301. The van der Waals surface area contributed by atoms with Crippen molar-refractivity contribution < 1.29 is 9.53 Å². The van der Waals surface area contributed by atoms with Gasteiger partial charge in [0.25, 0.3) is 5.91 Å². The van der Waals surface area contributed by atoms with Gasteiger partial charge in [0, 0.05) is 16.4 Å². The molecule has 4 N–H and O–H groups in total. The van der Waals surface area contributed by atoms with Crippen LogP contribution in [-0.2, 0) is 0 Å². The summed E-state index contributed by atoms with van der Waals surface area (Å²) in [5, 5.41) is 2.83. The highest BCUT2D eigenvalue weighted by Gasteiger charge is 2.14. The molecule has 2 rings (SSSR count). The van der Waals surface area contributed by atoms with Crippen LogP contribution in [0.1, 0.15) is 15.9 Å². The van der Waals surface area contributed by atoms with Crippen LogP contribution >= 0.6 is 15.9 Å². The second-order valence-electron chi connectivity index (χ2n) is 4.33. The van der Waals surface area contributed by atoms with E-state index in [2.05, 4.69) is 31.7 Å². The highest BCUT2D eigenvalue weighted by Crippen LogP contribution is 2.23. The fourth-order valence-electron chi connectivity index (χ4n) is 1.82. The summed E-state index contributed by atoms with van der Waals surface area (Å²) in [4.78, 5) is 16.4. The highest BCUT2D eigenvalue weighted by molar-refractivity contribution is 9.10. The van der Waals surface area contributed by atoms with E-state index in [0.717, 1.165) is 11.3 Å². The number of nitrogens with two attached hydrogens (primary N) is 1. The van der Waals surface area contributed by atoms with Crippen LogP contribution in [0.25, 0.3) is 0 Å². The number of amides is 1. The predicted molar refractivity (Wildman–Crippen MR) is 85.4 cm³/mol. The molecule has 21 heavy (non-hydrogen) atoms. The topological polar surface area (TPSA) is 89.3 Å². The number of hydrogen-bond acceptors (Lipinski definition) is 5. The molecule has 0 aliphatic carbocycles. The van der Waals surface area contributed by atoms with Crippen LogP contribution in [0.5, 0.6) is 5.75 Å². The Balaban J connectivity index is 2.28. The molecule has 110 valence electrons. The molecule has 1 heterocycles. The van der Waals surface area contributed by atoms with E-state index in [4.69, 9.17) is 10.6 Å². The maximum absolute atomic E-state index is 12.4. The van der Waals surface area contributed by atoms with Crippen LogP contribution in [0.4, 0.5) is 11.5 Å². The van der Waals surface area contributed by atoms with Crippen LogP contribution in [0.2, 0.25) is 0 Å². The Hall–Kier alpha value is -2.12. The van der Waals surface area contributed by atoms with Gasteiger partial charge in [-0.1, -0.05) is 0 Å². The number of aryl methyl sites for hydroxylation is 1. The summed E-state index contributed by atoms with van der Waals surface area (Å²) < 4.78 is 5.83. The number of halogens is 1. The summed E-state index contributed by atoms with van der Waals surface area (Å²) >= 11 is 3.28. The molecule has 0 unspecified atom stereocenters. The van der Waals surface area contributed by atoms with Crippen LogP contribution in [0, 0.1) is 6.92 Å². The molecule has 0 saturated carbocycles. The number of hydrogen-bond donors (Lipinski definition) is 3. The Morgan fingerprint density at radius 3 is 2.76 bits per heavy atom. The van der Waals surface area contributed by atoms with Crippen LogP contribution in [0.15, 0.2) is 34.9 Å². The van der Waals surface area contributed by atoms with Gasteiger partial charge in [-0.2, -0.15) is 0 Å². The normalized spacial score (nSPS) is 10.1. The number of methoxy groups -OCH3 is 1. The van der Waals surface area contributed by atoms with Gasteiger partial charge in [0.05, 0.1) is 12.7 Å². The third kappa shape index (κ3) is 3.50. The van der Waals surface area contributed by atoms with Gasteiger partial charge in [-0.3, -0.25) is 4.79 Å². The minimum absolute atomic E-state index is 0.301. The van der Waals surface area contributed by atoms with Gasteiger partial charge in [0.2, 0.25) is 0 Å². The molecule has 2 aromatic rings. The minimum Gasteiger partial charge on any atom is -0.497 e. The maximum Gasteiger partial charge on any atom is 0.259 e. The van der Waals surface area contributed by atoms with Crippen molar-refractivity contribution in [2.75, 3.05) is 17.9 Å². The summed E-state index contributed by atoms with van der Waals surface area (Å²) in [6.45, 7) is 1.89. The fourth-order valence-corrected chi connectivity index (χ4v) is 2.15. The zero-order valence-corrected chi connectivity index (χ0v) is 13.2. The van der Waals surface area contributed by atoms with E-state index in [1.807, 2.05) is 13.0 Å². The lowest BCUT2D eigenvalue weighted by atomic mass is 10.1. The van der Waals surface area contributed by atoms with Gasteiger partial charge in [0.15, 0.2) is 5.82 Å². The molecule has 0 saturated heterocycles. The molecule has 6 nitrogen and oxygen atoms in total. The van der Waals surface area contributed by atoms with E-state index in [1.165, 1.54) is 0 Å². The maximum atomic E-state index is 12.4. The number of ether oxygens (including phenoxy) is 1. The van der Waals surface area contributed by atoms with Crippen LogP contribution in [0.3, 0.4) is 0 Å². The van der Waals surface area contributed by atoms with Crippen molar-refractivity contribution in [3.05, 3.63) is 46.1 Å². The number of nitrogens with zero attached hydrogens (tertiary/aromatic N) is 1. The standard InChI is InChI=1S/C14H15BrN4O2/c1-8-5-10(21-2)3-4-12(8)18-14(20)11-6-9(15)7-17-13(11)19-16/h3-7H,16H2,1-2H3,(H,17,19)(H,18,20). The number of nitrogens with one attached hydrogen (secondary N) is 2. The van der Waals surface area contributed by atoms with Gasteiger partial charge in [-0.25, -0.2) is 10.8 Å². The largest absolute Gasteiger partial charge is 0.497 e. The second-order valence-corrected chi connectivity index (χ2v) is 5.24. The van der Waals surface area contributed by atoms with Crippen molar-refractivity contribution in [1.29, 1.82) is 0 Å². The van der Waals surface area contributed by atoms with Crippen molar-refractivity contribution in [2.24, 2.45) is 5.84 Å². The molecule has 7 heteroatoms. The van der Waals surface area contributed by atoms with Crippen LogP contribution in [-0.4, -0.2) is 18.0 Å². The summed E-state index contributed by atoms with van der Waals surface area (Å²) in [6.07, 6.45) is 1.56. The Labute approximate surface area is 130 Å². The first-order valence-corrected chi connectivity index (χ1v) is 6.92. The van der Waals surface area contributed by atoms with Crippen molar-refractivity contribution in [3.63, 3.8) is 0 Å². The van der Waals surface area contributed by atoms with E-state index in [-0.39, 0.29) is 5.91 Å². The number of hydrazine groups is 1. The third-order valence-corrected chi connectivity index (χ3v) is 3.35. The lowest BCUT2D eigenvalue weighted by Crippen LogP contribution is -2.18. The van der Waals surface area contributed by atoms with E-state index >= 15 is 0 Å². The SMILES string of the molecule is COc1ccc(NC(=O)c2cc(Br)cnc2NN)c(C)c1. The van der Waals surface area contributed by atoms with Gasteiger partial charge in [-0.05, 0) is 52.7 Å². The van der Waals surface area contributed by atoms with Gasteiger partial charge in [0.1, 0.15) is 5.75 Å². The molecule has 0 aliphatic heterocycles. The number of benzene rings is 1. The molecular weight excluding hydrogens is 336 g/mol. The van der Waals surface area contributed by atoms with E-state index < -0.39 is 0 Å². The molecule has 1 amide bonds. The Morgan fingerprint density at radius 1 is 1.38 bits per heavy atom.